The van der Waals surface area contributed by atoms with Gasteiger partial charge in [0.15, 0.2) is 0 Å². The lowest BCUT2D eigenvalue weighted by molar-refractivity contribution is 0.340. The molecule has 1 saturated heterocycles. The standard InChI is InChI=1S/C13H19NO2/c1-3-14(9-13-10-16-13)11-5-7-12(8-6-11)15-4-2/h5-8,13H,3-4,9-10H2,1-2H3. The third kappa shape index (κ3) is 2.89. The number of hydrogen-bond donors (Lipinski definition) is 0. The molecule has 3 nitrogen and oxygen atoms in total. The fourth-order valence-electron chi connectivity index (χ4n) is 1.76. The van der Waals surface area contributed by atoms with Gasteiger partial charge in [0, 0.05) is 18.8 Å². The van der Waals surface area contributed by atoms with Gasteiger partial charge >= 0.3 is 0 Å². The summed E-state index contributed by atoms with van der Waals surface area (Å²) in [6, 6.07) is 8.26. The van der Waals surface area contributed by atoms with Gasteiger partial charge in [0.1, 0.15) is 5.75 Å². The predicted octanol–water partition coefficient (Wildman–Crippen LogP) is 2.31. The second-order valence-electron chi connectivity index (χ2n) is 3.92. The van der Waals surface area contributed by atoms with E-state index < -0.39 is 0 Å². The lowest BCUT2D eigenvalue weighted by Gasteiger charge is -2.22. The highest BCUT2D eigenvalue weighted by atomic mass is 16.6. The second-order valence-corrected chi connectivity index (χ2v) is 3.92. The van der Waals surface area contributed by atoms with Crippen molar-refractivity contribution in [3.63, 3.8) is 0 Å². The van der Waals surface area contributed by atoms with Crippen LogP contribution in [0.25, 0.3) is 0 Å². The lowest BCUT2D eigenvalue weighted by atomic mass is 10.2. The molecule has 1 aromatic carbocycles. The summed E-state index contributed by atoms with van der Waals surface area (Å²) in [7, 11) is 0. The molecule has 88 valence electrons. The SMILES string of the molecule is CCOc1ccc(N(CC)CC2CO2)cc1. The van der Waals surface area contributed by atoms with Gasteiger partial charge in [0.05, 0.1) is 19.3 Å². The smallest absolute Gasteiger partial charge is 0.119 e. The molecule has 1 unspecified atom stereocenters. The van der Waals surface area contributed by atoms with Gasteiger partial charge < -0.3 is 14.4 Å². The van der Waals surface area contributed by atoms with Crippen LogP contribution in [0.3, 0.4) is 0 Å². The minimum Gasteiger partial charge on any atom is -0.494 e. The second kappa shape index (κ2) is 5.21. The van der Waals surface area contributed by atoms with E-state index in [1.165, 1.54) is 5.69 Å². The van der Waals surface area contributed by atoms with Gasteiger partial charge in [-0.2, -0.15) is 0 Å². The average Bonchev–Trinajstić information content (AvgIpc) is 3.11. The Hall–Kier alpha value is -1.22. The zero-order chi connectivity index (χ0) is 11.4. The number of anilines is 1. The van der Waals surface area contributed by atoms with Crippen LogP contribution in [-0.2, 0) is 4.74 Å². The van der Waals surface area contributed by atoms with Crippen LogP contribution >= 0.6 is 0 Å². The maximum Gasteiger partial charge on any atom is 0.119 e. The summed E-state index contributed by atoms with van der Waals surface area (Å²) in [4.78, 5) is 2.33. The van der Waals surface area contributed by atoms with Gasteiger partial charge in [0.2, 0.25) is 0 Å². The maximum atomic E-state index is 5.42. The molecule has 1 aromatic rings. The molecule has 0 radical (unpaired) electrons. The first kappa shape index (κ1) is 11.3. The summed E-state index contributed by atoms with van der Waals surface area (Å²) in [6.07, 6.45) is 0.437. The molecular weight excluding hydrogens is 202 g/mol. The van der Waals surface area contributed by atoms with E-state index in [1.807, 2.05) is 19.1 Å². The van der Waals surface area contributed by atoms with Crippen LogP contribution in [0.5, 0.6) is 5.75 Å². The van der Waals surface area contributed by atoms with Gasteiger partial charge in [-0.15, -0.1) is 0 Å². The maximum absolute atomic E-state index is 5.42. The lowest BCUT2D eigenvalue weighted by Crippen LogP contribution is -2.27. The Morgan fingerprint density at radius 1 is 1.31 bits per heavy atom. The van der Waals surface area contributed by atoms with Crippen LogP contribution in [0.1, 0.15) is 13.8 Å². The largest absolute Gasteiger partial charge is 0.494 e. The van der Waals surface area contributed by atoms with Crippen LogP contribution in [0.15, 0.2) is 24.3 Å². The molecule has 16 heavy (non-hydrogen) atoms. The van der Waals surface area contributed by atoms with Crippen molar-refractivity contribution < 1.29 is 9.47 Å². The Morgan fingerprint density at radius 2 is 2.00 bits per heavy atom. The van der Waals surface area contributed by atoms with Crippen LogP contribution < -0.4 is 9.64 Å². The van der Waals surface area contributed by atoms with E-state index >= 15 is 0 Å². The minimum atomic E-state index is 0.437. The molecule has 1 atom stereocenters. The summed E-state index contributed by atoms with van der Waals surface area (Å²) in [6.45, 7) is 7.79. The van der Waals surface area contributed by atoms with Gasteiger partial charge in [-0.1, -0.05) is 0 Å². The van der Waals surface area contributed by atoms with Crippen LogP contribution in [0, 0.1) is 0 Å². The first-order valence-electron chi connectivity index (χ1n) is 5.93. The number of epoxide rings is 1. The third-order valence-corrected chi connectivity index (χ3v) is 2.72. The van der Waals surface area contributed by atoms with E-state index in [4.69, 9.17) is 9.47 Å². The van der Waals surface area contributed by atoms with Crippen molar-refractivity contribution in [2.24, 2.45) is 0 Å². The predicted molar refractivity (Wildman–Crippen MR) is 65.2 cm³/mol. The Morgan fingerprint density at radius 3 is 2.50 bits per heavy atom. The molecule has 0 amide bonds. The molecule has 1 aliphatic rings. The van der Waals surface area contributed by atoms with Crippen molar-refractivity contribution >= 4 is 5.69 Å². The molecule has 3 heteroatoms. The molecule has 0 aliphatic carbocycles. The molecule has 0 aromatic heterocycles. The van der Waals surface area contributed by atoms with Crippen LogP contribution in [0.2, 0.25) is 0 Å². The van der Waals surface area contributed by atoms with Crippen molar-refractivity contribution in [1.29, 1.82) is 0 Å². The monoisotopic (exact) mass is 221 g/mol. The Labute approximate surface area is 97.0 Å². The highest BCUT2D eigenvalue weighted by Crippen LogP contribution is 2.21. The summed E-state index contributed by atoms with van der Waals surface area (Å²) < 4.78 is 10.7. The Kier molecular flexibility index (Phi) is 3.67. The fourth-order valence-corrected chi connectivity index (χ4v) is 1.76. The van der Waals surface area contributed by atoms with E-state index in [2.05, 4.69) is 24.0 Å². The molecule has 2 rings (SSSR count). The molecule has 0 bridgehead atoms. The molecule has 1 aliphatic heterocycles. The first-order chi connectivity index (χ1) is 7.83. The molecular formula is C13H19NO2. The van der Waals surface area contributed by atoms with Crippen molar-refractivity contribution in [1.82, 2.24) is 0 Å². The topological polar surface area (TPSA) is 25.0 Å². The summed E-state index contributed by atoms with van der Waals surface area (Å²) >= 11 is 0. The van der Waals surface area contributed by atoms with Crippen molar-refractivity contribution in [2.75, 3.05) is 31.2 Å². The number of likely N-dealkylation sites (N-methyl/N-ethyl adjacent to an activating group) is 1. The number of nitrogens with zero attached hydrogens (tertiary/aromatic N) is 1. The quantitative estimate of drug-likeness (QED) is 0.689. The molecule has 0 N–H and O–H groups in total. The van der Waals surface area contributed by atoms with Crippen molar-refractivity contribution in [2.45, 2.75) is 20.0 Å². The number of ether oxygens (including phenoxy) is 2. The average molecular weight is 221 g/mol. The van der Waals surface area contributed by atoms with E-state index in [1.54, 1.807) is 0 Å². The van der Waals surface area contributed by atoms with Gasteiger partial charge in [-0.25, -0.2) is 0 Å². The van der Waals surface area contributed by atoms with Gasteiger partial charge in [-0.05, 0) is 38.1 Å². The molecule has 0 spiro atoms. The van der Waals surface area contributed by atoms with Crippen molar-refractivity contribution in [3.05, 3.63) is 24.3 Å². The number of hydrogen-bond acceptors (Lipinski definition) is 3. The van der Waals surface area contributed by atoms with Crippen LogP contribution in [0.4, 0.5) is 5.69 Å². The van der Waals surface area contributed by atoms with E-state index in [0.29, 0.717) is 12.7 Å². The minimum absolute atomic E-state index is 0.437. The molecule has 0 saturated carbocycles. The highest BCUT2D eigenvalue weighted by molar-refractivity contribution is 5.49. The highest BCUT2D eigenvalue weighted by Gasteiger charge is 2.24. The van der Waals surface area contributed by atoms with Gasteiger partial charge in [0.25, 0.3) is 0 Å². The summed E-state index contributed by atoms with van der Waals surface area (Å²) in [5.41, 5.74) is 1.24. The summed E-state index contributed by atoms with van der Waals surface area (Å²) in [5, 5.41) is 0. The van der Waals surface area contributed by atoms with E-state index in [9.17, 15) is 0 Å². The van der Waals surface area contributed by atoms with E-state index in [-0.39, 0.29) is 0 Å². The Balaban J connectivity index is 1.99. The fraction of sp³-hybridized carbons (Fsp3) is 0.538. The Bertz CT molecular complexity index is 319. The van der Waals surface area contributed by atoms with Gasteiger partial charge in [-0.3, -0.25) is 0 Å². The number of benzene rings is 1. The first-order valence-corrected chi connectivity index (χ1v) is 5.93. The molecule has 1 fully saturated rings. The molecule has 1 heterocycles. The summed E-state index contributed by atoms with van der Waals surface area (Å²) in [5.74, 6) is 0.935. The zero-order valence-corrected chi connectivity index (χ0v) is 9.98. The third-order valence-electron chi connectivity index (χ3n) is 2.72. The number of rotatable bonds is 6. The van der Waals surface area contributed by atoms with E-state index in [0.717, 1.165) is 25.4 Å². The van der Waals surface area contributed by atoms with Crippen LogP contribution in [-0.4, -0.2) is 32.4 Å². The van der Waals surface area contributed by atoms with Crippen molar-refractivity contribution in [3.8, 4) is 5.75 Å². The zero-order valence-electron chi connectivity index (χ0n) is 9.98. The normalized spacial score (nSPS) is 18.2.